The van der Waals surface area contributed by atoms with Crippen molar-refractivity contribution in [3.8, 4) is 0 Å². The molecule has 5 nitrogen and oxygen atoms in total. The lowest BCUT2D eigenvalue weighted by Crippen LogP contribution is -2.38. The summed E-state index contributed by atoms with van der Waals surface area (Å²) in [5, 5.41) is 3.01. The number of piperidine rings is 2. The number of likely N-dealkylation sites (tertiary alicyclic amines) is 1. The van der Waals surface area contributed by atoms with Crippen molar-refractivity contribution in [3.63, 3.8) is 0 Å². The summed E-state index contributed by atoms with van der Waals surface area (Å²) in [7, 11) is 0. The van der Waals surface area contributed by atoms with Crippen molar-refractivity contribution in [1.29, 1.82) is 0 Å². The fourth-order valence-corrected chi connectivity index (χ4v) is 4.26. The van der Waals surface area contributed by atoms with Crippen LogP contribution >= 0.6 is 0 Å². The van der Waals surface area contributed by atoms with E-state index in [1.165, 1.54) is 6.42 Å². The third-order valence-corrected chi connectivity index (χ3v) is 5.97. The van der Waals surface area contributed by atoms with Gasteiger partial charge in [-0.2, -0.15) is 0 Å². The minimum absolute atomic E-state index is 0.00609. The number of anilines is 2. The molecule has 160 valence electrons. The van der Waals surface area contributed by atoms with Crippen LogP contribution in [0.2, 0.25) is 0 Å². The fraction of sp³-hybridized carbons (Fsp3) is 0.667. The average Bonchev–Trinajstić information content (AvgIpc) is 2.67. The van der Waals surface area contributed by atoms with Crippen molar-refractivity contribution >= 4 is 23.2 Å². The number of hydrogen-bond donors (Lipinski definition) is 1. The molecular weight excluding hydrogens is 362 g/mol. The third-order valence-electron chi connectivity index (χ3n) is 5.97. The molecule has 0 saturated carbocycles. The second-order valence-corrected chi connectivity index (χ2v) is 10.0. The summed E-state index contributed by atoms with van der Waals surface area (Å²) in [6.45, 7) is 12.1. The van der Waals surface area contributed by atoms with Gasteiger partial charge in [0.2, 0.25) is 5.91 Å². The van der Waals surface area contributed by atoms with Crippen LogP contribution in [0.1, 0.15) is 76.6 Å². The molecule has 5 heteroatoms. The molecule has 2 heterocycles. The zero-order valence-corrected chi connectivity index (χ0v) is 18.6. The van der Waals surface area contributed by atoms with Crippen LogP contribution in [-0.4, -0.2) is 42.9 Å². The van der Waals surface area contributed by atoms with Gasteiger partial charge in [-0.1, -0.05) is 27.7 Å². The van der Waals surface area contributed by atoms with Crippen molar-refractivity contribution in [1.82, 2.24) is 4.90 Å². The minimum atomic E-state index is -0.0685. The van der Waals surface area contributed by atoms with Gasteiger partial charge in [-0.05, 0) is 61.6 Å². The van der Waals surface area contributed by atoms with Crippen molar-refractivity contribution in [2.24, 2.45) is 11.3 Å². The molecule has 2 amide bonds. The van der Waals surface area contributed by atoms with E-state index in [4.69, 9.17) is 0 Å². The van der Waals surface area contributed by atoms with Gasteiger partial charge in [0, 0.05) is 44.0 Å². The van der Waals surface area contributed by atoms with Gasteiger partial charge in [-0.3, -0.25) is 9.59 Å². The summed E-state index contributed by atoms with van der Waals surface area (Å²) in [5.74, 6) is 0.835. The number of nitrogens with one attached hydrogen (secondary N) is 1. The Balaban J connectivity index is 1.85. The number of rotatable bonds is 4. The number of benzene rings is 1. The van der Waals surface area contributed by atoms with Gasteiger partial charge in [-0.15, -0.1) is 0 Å². The molecule has 0 radical (unpaired) electrons. The molecule has 0 aliphatic carbocycles. The average molecular weight is 400 g/mol. The van der Waals surface area contributed by atoms with E-state index in [2.05, 4.69) is 37.9 Å². The molecule has 0 bridgehead atoms. The quantitative estimate of drug-likeness (QED) is 0.781. The first-order valence-corrected chi connectivity index (χ1v) is 11.2. The van der Waals surface area contributed by atoms with Gasteiger partial charge in [0.15, 0.2) is 0 Å². The highest BCUT2D eigenvalue weighted by Crippen LogP contribution is 2.30. The summed E-state index contributed by atoms with van der Waals surface area (Å²) in [6.07, 6.45) is 6.11. The van der Waals surface area contributed by atoms with Gasteiger partial charge in [0.25, 0.3) is 5.91 Å². The third kappa shape index (κ3) is 5.97. The minimum Gasteiger partial charge on any atom is -0.371 e. The van der Waals surface area contributed by atoms with Crippen molar-refractivity contribution in [2.75, 3.05) is 36.4 Å². The Morgan fingerprint density at radius 3 is 2.31 bits per heavy atom. The first kappa shape index (κ1) is 21.7. The lowest BCUT2D eigenvalue weighted by molar-refractivity contribution is -0.117. The van der Waals surface area contributed by atoms with Crippen LogP contribution in [0.3, 0.4) is 0 Å². The molecule has 0 spiro atoms. The monoisotopic (exact) mass is 399 g/mol. The Hall–Kier alpha value is -2.04. The lowest BCUT2D eigenvalue weighted by atomic mass is 9.92. The van der Waals surface area contributed by atoms with E-state index in [1.807, 2.05) is 23.1 Å². The van der Waals surface area contributed by atoms with E-state index in [0.29, 0.717) is 12.1 Å². The van der Waals surface area contributed by atoms with Crippen LogP contribution < -0.4 is 10.2 Å². The molecule has 2 aliphatic rings. The first-order chi connectivity index (χ1) is 13.7. The Morgan fingerprint density at radius 2 is 1.69 bits per heavy atom. The zero-order valence-electron chi connectivity index (χ0n) is 18.6. The molecule has 29 heavy (non-hydrogen) atoms. The molecule has 2 fully saturated rings. The zero-order chi connectivity index (χ0) is 21.0. The first-order valence-electron chi connectivity index (χ1n) is 11.2. The maximum atomic E-state index is 13.4. The summed E-state index contributed by atoms with van der Waals surface area (Å²) < 4.78 is 0. The molecule has 2 aliphatic heterocycles. The number of carbonyl (C=O) groups is 2. The van der Waals surface area contributed by atoms with Crippen LogP contribution in [0.15, 0.2) is 18.2 Å². The van der Waals surface area contributed by atoms with E-state index in [-0.39, 0.29) is 17.2 Å². The normalized spacial score (nSPS) is 18.6. The fourth-order valence-electron chi connectivity index (χ4n) is 4.26. The number of carbonyl (C=O) groups excluding carboxylic acids is 2. The molecule has 1 aromatic carbocycles. The van der Waals surface area contributed by atoms with Gasteiger partial charge >= 0.3 is 0 Å². The highest BCUT2D eigenvalue weighted by atomic mass is 16.2. The summed E-state index contributed by atoms with van der Waals surface area (Å²) in [5.41, 5.74) is 2.39. The van der Waals surface area contributed by atoms with E-state index in [0.717, 1.165) is 69.0 Å². The molecule has 1 N–H and O–H groups in total. The number of amides is 2. The van der Waals surface area contributed by atoms with Crippen molar-refractivity contribution in [2.45, 2.75) is 66.2 Å². The van der Waals surface area contributed by atoms with E-state index >= 15 is 0 Å². The molecule has 0 aromatic heterocycles. The predicted molar refractivity (Wildman–Crippen MR) is 120 cm³/mol. The molecule has 0 atom stereocenters. The summed E-state index contributed by atoms with van der Waals surface area (Å²) >= 11 is 0. The van der Waals surface area contributed by atoms with E-state index in [1.54, 1.807) is 0 Å². The molecule has 0 unspecified atom stereocenters. The Labute approximate surface area is 175 Å². The van der Waals surface area contributed by atoms with E-state index in [9.17, 15) is 9.59 Å². The standard InChI is InChI=1S/C24H37N3O2/c1-18-10-14-26(15-11-18)21-9-8-19(25-22(28)17-24(2,3)4)16-20(21)23(29)27-12-6-5-7-13-27/h8-9,16,18H,5-7,10-15,17H2,1-4H3,(H,25,28). The maximum absolute atomic E-state index is 13.4. The second-order valence-electron chi connectivity index (χ2n) is 10.0. The van der Waals surface area contributed by atoms with E-state index < -0.39 is 0 Å². The highest BCUT2D eigenvalue weighted by molar-refractivity contribution is 6.02. The molecular formula is C24H37N3O2. The predicted octanol–water partition coefficient (Wildman–Crippen LogP) is 4.92. The van der Waals surface area contributed by atoms with Crippen LogP contribution in [0, 0.1) is 11.3 Å². The van der Waals surface area contributed by atoms with Crippen LogP contribution in [-0.2, 0) is 4.79 Å². The van der Waals surface area contributed by atoms with Crippen molar-refractivity contribution < 1.29 is 9.59 Å². The molecule has 3 rings (SSSR count). The van der Waals surface area contributed by atoms with Crippen LogP contribution in [0.4, 0.5) is 11.4 Å². The van der Waals surface area contributed by atoms with Crippen molar-refractivity contribution in [3.05, 3.63) is 23.8 Å². The largest absolute Gasteiger partial charge is 0.371 e. The Kier molecular flexibility index (Phi) is 6.86. The second kappa shape index (κ2) is 9.19. The number of hydrogen-bond acceptors (Lipinski definition) is 3. The van der Waals surface area contributed by atoms with Crippen LogP contribution in [0.25, 0.3) is 0 Å². The summed E-state index contributed by atoms with van der Waals surface area (Å²) in [6, 6.07) is 5.87. The van der Waals surface area contributed by atoms with Gasteiger partial charge in [0.05, 0.1) is 5.56 Å². The molecule has 1 aromatic rings. The SMILES string of the molecule is CC1CCN(c2ccc(NC(=O)CC(C)(C)C)cc2C(=O)N2CCCCC2)CC1. The Bertz CT molecular complexity index is 724. The highest BCUT2D eigenvalue weighted by Gasteiger charge is 2.26. The maximum Gasteiger partial charge on any atom is 0.256 e. The van der Waals surface area contributed by atoms with Gasteiger partial charge in [-0.25, -0.2) is 0 Å². The smallest absolute Gasteiger partial charge is 0.256 e. The van der Waals surface area contributed by atoms with Crippen LogP contribution in [0.5, 0.6) is 0 Å². The van der Waals surface area contributed by atoms with Gasteiger partial charge < -0.3 is 15.1 Å². The summed E-state index contributed by atoms with van der Waals surface area (Å²) in [4.78, 5) is 30.1. The topological polar surface area (TPSA) is 52.7 Å². The number of nitrogens with zero attached hydrogens (tertiary/aromatic N) is 2. The lowest BCUT2D eigenvalue weighted by Gasteiger charge is -2.35. The Morgan fingerprint density at radius 1 is 1.03 bits per heavy atom. The molecule has 2 saturated heterocycles. The van der Waals surface area contributed by atoms with Gasteiger partial charge in [0.1, 0.15) is 0 Å².